The zero-order valence-electron chi connectivity index (χ0n) is 17.6. The fraction of sp³-hybridized carbons (Fsp3) is 0.440. The number of ether oxygens (including phenoxy) is 1. The summed E-state index contributed by atoms with van der Waals surface area (Å²) in [4.78, 5) is 30.3. The van der Waals surface area contributed by atoms with Crippen molar-refractivity contribution >= 4 is 11.8 Å². The second-order valence-electron chi connectivity index (χ2n) is 8.35. The van der Waals surface area contributed by atoms with Crippen molar-refractivity contribution in [1.29, 1.82) is 0 Å². The number of hydrogen-bond donors (Lipinski definition) is 0. The van der Waals surface area contributed by atoms with Gasteiger partial charge < -0.3 is 14.5 Å². The molecular weight excluding hydrogens is 376 g/mol. The molecule has 2 aliphatic heterocycles. The van der Waals surface area contributed by atoms with Crippen LogP contribution in [0.4, 0.5) is 0 Å². The molecule has 30 heavy (non-hydrogen) atoms. The molecule has 0 radical (unpaired) electrons. The Labute approximate surface area is 178 Å². The van der Waals surface area contributed by atoms with Crippen LogP contribution in [0.2, 0.25) is 0 Å². The molecule has 0 unspecified atom stereocenters. The molecule has 2 fully saturated rings. The van der Waals surface area contributed by atoms with E-state index in [-0.39, 0.29) is 23.8 Å². The van der Waals surface area contributed by atoms with Crippen LogP contribution in [-0.2, 0) is 20.7 Å². The summed E-state index contributed by atoms with van der Waals surface area (Å²) < 4.78 is 5.39. The first-order valence-electron chi connectivity index (χ1n) is 10.9. The Morgan fingerprint density at radius 2 is 1.77 bits per heavy atom. The fourth-order valence-electron chi connectivity index (χ4n) is 4.59. The third-order valence-corrected chi connectivity index (χ3v) is 6.20. The van der Waals surface area contributed by atoms with Gasteiger partial charge in [0.1, 0.15) is 0 Å². The van der Waals surface area contributed by atoms with Crippen molar-refractivity contribution in [3.05, 3.63) is 71.3 Å². The Hall–Kier alpha value is -2.66. The maximum Gasteiger partial charge on any atom is 0.227 e. The highest BCUT2D eigenvalue weighted by molar-refractivity contribution is 5.83. The van der Waals surface area contributed by atoms with Gasteiger partial charge in [-0.1, -0.05) is 60.2 Å². The largest absolute Gasteiger partial charge is 0.378 e. The second-order valence-corrected chi connectivity index (χ2v) is 8.35. The highest BCUT2D eigenvalue weighted by Crippen LogP contribution is 2.35. The lowest BCUT2D eigenvalue weighted by Gasteiger charge is -2.41. The molecule has 5 nitrogen and oxygen atoms in total. The van der Waals surface area contributed by atoms with E-state index in [1.54, 1.807) is 0 Å². The molecule has 5 heteroatoms. The van der Waals surface area contributed by atoms with Gasteiger partial charge in [0, 0.05) is 19.6 Å². The molecule has 2 aromatic rings. The van der Waals surface area contributed by atoms with Gasteiger partial charge in [-0.2, -0.15) is 0 Å². The van der Waals surface area contributed by atoms with Crippen LogP contribution in [0.25, 0.3) is 0 Å². The summed E-state index contributed by atoms with van der Waals surface area (Å²) in [6.45, 7) is 5.05. The lowest BCUT2D eigenvalue weighted by molar-refractivity contribution is -0.145. The van der Waals surface area contributed by atoms with E-state index in [0.29, 0.717) is 39.3 Å². The number of rotatable bonds is 4. The van der Waals surface area contributed by atoms with Crippen molar-refractivity contribution < 1.29 is 14.3 Å². The van der Waals surface area contributed by atoms with Gasteiger partial charge in [0.15, 0.2) is 0 Å². The Bertz CT molecular complexity index is 877. The Balaban J connectivity index is 1.55. The first-order valence-corrected chi connectivity index (χ1v) is 10.9. The molecule has 158 valence electrons. The first-order chi connectivity index (χ1) is 14.6. The first kappa shape index (κ1) is 20.6. The molecule has 0 bridgehead atoms. The van der Waals surface area contributed by atoms with Crippen molar-refractivity contribution in [1.82, 2.24) is 9.80 Å². The van der Waals surface area contributed by atoms with Crippen molar-refractivity contribution in [2.75, 3.05) is 32.8 Å². The molecule has 0 N–H and O–H groups in total. The summed E-state index contributed by atoms with van der Waals surface area (Å²) >= 11 is 0. The second kappa shape index (κ2) is 9.43. The number of carbonyl (C=O) groups is 2. The average Bonchev–Trinajstić information content (AvgIpc) is 2.79. The van der Waals surface area contributed by atoms with Gasteiger partial charge in [-0.25, -0.2) is 0 Å². The molecular formula is C25H30N2O3. The van der Waals surface area contributed by atoms with E-state index in [0.717, 1.165) is 24.0 Å². The zero-order valence-corrected chi connectivity index (χ0v) is 17.6. The van der Waals surface area contributed by atoms with Gasteiger partial charge >= 0.3 is 0 Å². The minimum atomic E-state index is -0.135. The molecule has 0 aromatic heterocycles. The lowest BCUT2D eigenvalue weighted by Crippen LogP contribution is -2.50. The van der Waals surface area contributed by atoms with Gasteiger partial charge in [-0.15, -0.1) is 0 Å². The van der Waals surface area contributed by atoms with E-state index < -0.39 is 0 Å². The average molecular weight is 407 g/mol. The van der Waals surface area contributed by atoms with Gasteiger partial charge in [-0.05, 0) is 30.9 Å². The van der Waals surface area contributed by atoms with Crippen LogP contribution in [0.1, 0.15) is 35.6 Å². The predicted octanol–water partition coefficient (Wildman–Crippen LogP) is 3.38. The Morgan fingerprint density at radius 1 is 1.00 bits per heavy atom. The summed E-state index contributed by atoms with van der Waals surface area (Å²) in [5.41, 5.74) is 3.36. The van der Waals surface area contributed by atoms with Crippen molar-refractivity contribution in [3.8, 4) is 0 Å². The number of carbonyl (C=O) groups excluding carboxylic acids is 2. The van der Waals surface area contributed by atoms with Crippen molar-refractivity contribution in [3.63, 3.8) is 0 Å². The van der Waals surface area contributed by atoms with Crippen LogP contribution >= 0.6 is 0 Å². The maximum atomic E-state index is 13.4. The van der Waals surface area contributed by atoms with Crippen LogP contribution in [0.3, 0.4) is 0 Å². The fourth-order valence-corrected chi connectivity index (χ4v) is 4.59. The SMILES string of the molecule is Cc1cccc([C@@H]2CC[C@@H](C(=O)N3CCOCC3)CN2C(=O)Cc2ccccc2)c1. The molecule has 0 saturated carbocycles. The number of hydrogen-bond acceptors (Lipinski definition) is 3. The van der Waals surface area contributed by atoms with E-state index in [2.05, 4.69) is 31.2 Å². The van der Waals surface area contributed by atoms with Gasteiger partial charge in [0.2, 0.25) is 11.8 Å². The van der Waals surface area contributed by atoms with Crippen LogP contribution in [0, 0.1) is 12.8 Å². The molecule has 0 spiro atoms. The van der Waals surface area contributed by atoms with Crippen LogP contribution in [-0.4, -0.2) is 54.5 Å². The molecule has 2 amide bonds. The molecule has 0 aliphatic carbocycles. The summed E-state index contributed by atoms with van der Waals surface area (Å²) in [6, 6.07) is 18.3. The van der Waals surface area contributed by atoms with Crippen LogP contribution in [0.5, 0.6) is 0 Å². The number of morpholine rings is 1. The summed E-state index contributed by atoms with van der Waals surface area (Å²) in [5, 5.41) is 0. The monoisotopic (exact) mass is 406 g/mol. The summed E-state index contributed by atoms with van der Waals surface area (Å²) in [7, 11) is 0. The number of nitrogens with zero attached hydrogens (tertiary/aromatic N) is 2. The number of piperidine rings is 1. The summed E-state index contributed by atoms with van der Waals surface area (Å²) in [5.74, 6) is 0.120. The minimum Gasteiger partial charge on any atom is -0.378 e. The summed E-state index contributed by atoms with van der Waals surface area (Å²) in [6.07, 6.45) is 1.98. The van der Waals surface area contributed by atoms with Gasteiger partial charge in [0.05, 0.1) is 31.6 Å². The third kappa shape index (κ3) is 4.73. The third-order valence-electron chi connectivity index (χ3n) is 6.20. The number of aryl methyl sites for hydroxylation is 1. The van der Waals surface area contributed by atoms with Crippen molar-refractivity contribution in [2.45, 2.75) is 32.2 Å². The molecule has 2 saturated heterocycles. The topological polar surface area (TPSA) is 49.9 Å². The van der Waals surface area contributed by atoms with Crippen LogP contribution in [0.15, 0.2) is 54.6 Å². The van der Waals surface area contributed by atoms with E-state index >= 15 is 0 Å². The van der Waals surface area contributed by atoms with Crippen molar-refractivity contribution in [2.24, 2.45) is 5.92 Å². The zero-order chi connectivity index (χ0) is 20.9. The quantitative estimate of drug-likeness (QED) is 0.782. The molecule has 4 rings (SSSR count). The predicted molar refractivity (Wildman–Crippen MR) is 116 cm³/mol. The van der Waals surface area contributed by atoms with Gasteiger partial charge in [0.25, 0.3) is 0 Å². The molecule has 2 atom stereocenters. The van der Waals surface area contributed by atoms with E-state index in [1.807, 2.05) is 40.1 Å². The smallest absolute Gasteiger partial charge is 0.227 e. The van der Waals surface area contributed by atoms with Gasteiger partial charge in [-0.3, -0.25) is 9.59 Å². The lowest BCUT2D eigenvalue weighted by atomic mass is 9.87. The number of likely N-dealkylation sites (tertiary alicyclic amines) is 1. The standard InChI is InChI=1S/C25H30N2O3/c1-19-6-5-9-21(16-19)23-11-10-22(25(29)26-12-14-30-15-13-26)18-27(23)24(28)17-20-7-3-2-4-8-20/h2-9,16,22-23H,10-15,17-18H2,1H3/t22-,23+/m1/s1. The van der Waals surface area contributed by atoms with E-state index in [4.69, 9.17) is 4.74 Å². The molecule has 2 aromatic carbocycles. The van der Waals surface area contributed by atoms with E-state index in [1.165, 1.54) is 5.56 Å². The highest BCUT2D eigenvalue weighted by atomic mass is 16.5. The van der Waals surface area contributed by atoms with E-state index in [9.17, 15) is 9.59 Å². The Morgan fingerprint density at radius 3 is 2.50 bits per heavy atom. The molecule has 2 aliphatic rings. The highest BCUT2D eigenvalue weighted by Gasteiger charge is 2.37. The Kier molecular flexibility index (Phi) is 6.48. The molecule has 2 heterocycles. The number of amides is 2. The maximum absolute atomic E-state index is 13.4. The normalized spacial score (nSPS) is 22.0. The number of benzene rings is 2. The minimum absolute atomic E-state index is 0.0230. The van der Waals surface area contributed by atoms with Crippen LogP contribution < -0.4 is 0 Å².